The third-order valence-electron chi connectivity index (χ3n) is 2.19. The van der Waals surface area contributed by atoms with Gasteiger partial charge in [-0.15, -0.1) is 0 Å². The highest BCUT2D eigenvalue weighted by molar-refractivity contribution is 5.41. The average Bonchev–Trinajstić information content (AvgIpc) is 2.45. The lowest BCUT2D eigenvalue weighted by Crippen LogP contribution is -2.27. The molecule has 2 rings (SSSR count). The molecular weight excluding hydrogens is 180 g/mol. The Bertz CT molecular complexity index is 297. The van der Waals surface area contributed by atoms with Gasteiger partial charge in [0.05, 0.1) is 19.0 Å². The fourth-order valence-electron chi connectivity index (χ4n) is 1.50. The molecule has 0 aromatic carbocycles. The molecule has 1 fully saturated rings. The fourth-order valence-corrected chi connectivity index (χ4v) is 1.50. The molecule has 14 heavy (non-hydrogen) atoms. The first kappa shape index (κ1) is 9.21. The molecule has 5 heteroatoms. The predicted octanol–water partition coefficient (Wildman–Crippen LogP) is 0.285. The summed E-state index contributed by atoms with van der Waals surface area (Å²) in [5.41, 5.74) is 5.57. The van der Waals surface area contributed by atoms with Gasteiger partial charge in [-0.1, -0.05) is 0 Å². The Morgan fingerprint density at radius 3 is 3.07 bits per heavy atom. The maximum atomic E-state index is 5.57. The summed E-state index contributed by atoms with van der Waals surface area (Å²) < 4.78 is 5.36. The average molecular weight is 194 g/mol. The standard InChI is InChI=1S/C9H14N4O/c10-8-6-11-7-9(12-8)13-2-1-4-14-5-3-13/h6-7H,1-5H2,(H2,10,12). The molecule has 76 valence electrons. The molecule has 1 aliphatic heterocycles. The van der Waals surface area contributed by atoms with Crippen molar-refractivity contribution in [1.29, 1.82) is 0 Å². The highest BCUT2D eigenvalue weighted by Crippen LogP contribution is 2.12. The molecule has 5 nitrogen and oxygen atoms in total. The number of aromatic nitrogens is 2. The molecule has 1 saturated heterocycles. The third kappa shape index (κ3) is 2.11. The van der Waals surface area contributed by atoms with Crippen LogP contribution in [0.2, 0.25) is 0 Å². The van der Waals surface area contributed by atoms with Crippen molar-refractivity contribution in [3.63, 3.8) is 0 Å². The van der Waals surface area contributed by atoms with Crippen LogP contribution in [0.25, 0.3) is 0 Å². The van der Waals surface area contributed by atoms with Crippen molar-refractivity contribution in [3.05, 3.63) is 12.4 Å². The maximum absolute atomic E-state index is 5.57. The van der Waals surface area contributed by atoms with E-state index in [0.717, 1.165) is 38.5 Å². The second-order valence-electron chi connectivity index (χ2n) is 3.26. The minimum atomic E-state index is 0.465. The largest absolute Gasteiger partial charge is 0.382 e. The molecule has 0 spiro atoms. The van der Waals surface area contributed by atoms with Crippen LogP contribution < -0.4 is 10.6 Å². The molecule has 0 bridgehead atoms. The van der Waals surface area contributed by atoms with Gasteiger partial charge in [-0.05, 0) is 6.42 Å². The summed E-state index contributed by atoms with van der Waals surface area (Å²) in [5, 5.41) is 0. The first-order chi connectivity index (χ1) is 6.86. The Morgan fingerprint density at radius 2 is 2.21 bits per heavy atom. The molecule has 0 radical (unpaired) electrons. The van der Waals surface area contributed by atoms with E-state index in [1.165, 1.54) is 0 Å². The number of nitrogens with zero attached hydrogens (tertiary/aromatic N) is 3. The minimum absolute atomic E-state index is 0.465. The van der Waals surface area contributed by atoms with E-state index in [-0.39, 0.29) is 0 Å². The van der Waals surface area contributed by atoms with E-state index in [9.17, 15) is 0 Å². The first-order valence-corrected chi connectivity index (χ1v) is 4.76. The van der Waals surface area contributed by atoms with Gasteiger partial charge in [-0.2, -0.15) is 0 Å². The third-order valence-corrected chi connectivity index (χ3v) is 2.19. The van der Waals surface area contributed by atoms with E-state index in [1.807, 2.05) is 0 Å². The number of ether oxygens (including phenoxy) is 1. The van der Waals surface area contributed by atoms with E-state index in [2.05, 4.69) is 14.9 Å². The zero-order valence-corrected chi connectivity index (χ0v) is 8.02. The van der Waals surface area contributed by atoms with Crippen LogP contribution in [-0.4, -0.2) is 36.3 Å². The van der Waals surface area contributed by atoms with Crippen molar-refractivity contribution in [2.75, 3.05) is 36.9 Å². The van der Waals surface area contributed by atoms with Crippen LogP contribution in [-0.2, 0) is 4.74 Å². The Hall–Kier alpha value is -1.36. The summed E-state index contributed by atoms with van der Waals surface area (Å²) >= 11 is 0. The van der Waals surface area contributed by atoms with Crippen molar-refractivity contribution in [2.24, 2.45) is 0 Å². The van der Waals surface area contributed by atoms with Crippen molar-refractivity contribution in [2.45, 2.75) is 6.42 Å². The van der Waals surface area contributed by atoms with Crippen LogP contribution in [0.4, 0.5) is 11.6 Å². The van der Waals surface area contributed by atoms with Crippen molar-refractivity contribution < 1.29 is 4.74 Å². The quantitative estimate of drug-likeness (QED) is 0.696. The second kappa shape index (κ2) is 4.23. The molecule has 1 aromatic rings. The van der Waals surface area contributed by atoms with Gasteiger partial charge in [-0.25, -0.2) is 4.98 Å². The lowest BCUT2D eigenvalue weighted by molar-refractivity contribution is 0.152. The number of nitrogen functional groups attached to an aromatic ring is 1. The van der Waals surface area contributed by atoms with Gasteiger partial charge in [0, 0.05) is 19.7 Å². The zero-order chi connectivity index (χ0) is 9.80. The van der Waals surface area contributed by atoms with Gasteiger partial charge in [-0.3, -0.25) is 4.98 Å². The number of hydrogen-bond acceptors (Lipinski definition) is 5. The number of hydrogen-bond donors (Lipinski definition) is 1. The van der Waals surface area contributed by atoms with E-state index in [0.29, 0.717) is 5.82 Å². The Labute approximate surface area is 82.9 Å². The van der Waals surface area contributed by atoms with E-state index < -0.39 is 0 Å². The van der Waals surface area contributed by atoms with Gasteiger partial charge in [0.2, 0.25) is 0 Å². The number of rotatable bonds is 1. The van der Waals surface area contributed by atoms with Crippen LogP contribution in [0.15, 0.2) is 12.4 Å². The summed E-state index contributed by atoms with van der Waals surface area (Å²) in [6, 6.07) is 0. The topological polar surface area (TPSA) is 64.3 Å². The fraction of sp³-hybridized carbons (Fsp3) is 0.556. The lowest BCUT2D eigenvalue weighted by Gasteiger charge is -2.19. The van der Waals surface area contributed by atoms with Crippen LogP contribution in [0.3, 0.4) is 0 Å². The predicted molar refractivity (Wildman–Crippen MR) is 54.1 cm³/mol. The summed E-state index contributed by atoms with van der Waals surface area (Å²) in [6.45, 7) is 3.39. The first-order valence-electron chi connectivity index (χ1n) is 4.76. The highest BCUT2D eigenvalue weighted by atomic mass is 16.5. The molecule has 0 saturated carbocycles. The second-order valence-corrected chi connectivity index (χ2v) is 3.26. The summed E-state index contributed by atoms with van der Waals surface area (Å²) in [6.07, 6.45) is 4.32. The van der Waals surface area contributed by atoms with Crippen molar-refractivity contribution in [3.8, 4) is 0 Å². The monoisotopic (exact) mass is 194 g/mol. The van der Waals surface area contributed by atoms with Crippen LogP contribution in [0.5, 0.6) is 0 Å². The summed E-state index contributed by atoms with van der Waals surface area (Å²) in [5.74, 6) is 1.31. The maximum Gasteiger partial charge on any atom is 0.149 e. The van der Waals surface area contributed by atoms with Crippen LogP contribution in [0.1, 0.15) is 6.42 Å². The van der Waals surface area contributed by atoms with Crippen molar-refractivity contribution in [1.82, 2.24) is 9.97 Å². The Morgan fingerprint density at radius 1 is 1.29 bits per heavy atom. The minimum Gasteiger partial charge on any atom is -0.382 e. The Balaban J connectivity index is 2.12. The van der Waals surface area contributed by atoms with Gasteiger partial charge in [0.15, 0.2) is 0 Å². The van der Waals surface area contributed by atoms with Crippen LogP contribution in [0, 0.1) is 0 Å². The lowest BCUT2D eigenvalue weighted by atomic mass is 10.4. The molecule has 2 N–H and O–H groups in total. The molecule has 0 atom stereocenters. The molecule has 0 amide bonds. The van der Waals surface area contributed by atoms with E-state index >= 15 is 0 Å². The number of nitrogens with two attached hydrogens (primary N) is 1. The van der Waals surface area contributed by atoms with Gasteiger partial charge in [0.1, 0.15) is 11.6 Å². The molecule has 0 unspecified atom stereocenters. The highest BCUT2D eigenvalue weighted by Gasteiger charge is 2.11. The molecule has 0 aliphatic carbocycles. The molecule has 1 aromatic heterocycles. The SMILES string of the molecule is Nc1cncc(N2CCCOCC2)n1. The molecular formula is C9H14N4O. The molecule has 1 aliphatic rings. The van der Waals surface area contributed by atoms with Gasteiger partial charge in [0.25, 0.3) is 0 Å². The summed E-state index contributed by atoms with van der Waals surface area (Å²) in [4.78, 5) is 10.4. The summed E-state index contributed by atoms with van der Waals surface area (Å²) in [7, 11) is 0. The van der Waals surface area contributed by atoms with Crippen LogP contribution >= 0.6 is 0 Å². The normalized spacial score (nSPS) is 17.9. The molecule has 2 heterocycles. The zero-order valence-electron chi connectivity index (χ0n) is 8.02. The Kier molecular flexibility index (Phi) is 2.78. The van der Waals surface area contributed by atoms with Crippen molar-refractivity contribution >= 4 is 11.6 Å². The van der Waals surface area contributed by atoms with Gasteiger partial charge < -0.3 is 15.4 Å². The van der Waals surface area contributed by atoms with Gasteiger partial charge >= 0.3 is 0 Å². The smallest absolute Gasteiger partial charge is 0.149 e. The van der Waals surface area contributed by atoms with E-state index in [1.54, 1.807) is 12.4 Å². The van der Waals surface area contributed by atoms with E-state index in [4.69, 9.17) is 10.5 Å². The number of anilines is 2.